The molecule has 2 atom stereocenters. The van der Waals surface area contributed by atoms with Crippen LogP contribution in [0.5, 0.6) is 0 Å². The Hall–Kier alpha value is -0.970. The summed E-state index contributed by atoms with van der Waals surface area (Å²) in [6.45, 7) is 3.21. The third-order valence-corrected chi connectivity index (χ3v) is 2.79. The second-order valence-electron chi connectivity index (χ2n) is 3.86. The molecule has 1 aromatic heterocycles. The molecule has 2 rings (SSSR count). The smallest absolute Gasteiger partial charge is 0.0756 e. The molecule has 1 saturated heterocycles. The van der Waals surface area contributed by atoms with E-state index in [0.29, 0.717) is 19.1 Å². The van der Waals surface area contributed by atoms with Gasteiger partial charge in [0.15, 0.2) is 0 Å². The zero-order valence-corrected chi connectivity index (χ0v) is 8.73. The number of rotatable bonds is 4. The highest BCUT2D eigenvalue weighted by molar-refractivity contribution is 5.08. The van der Waals surface area contributed by atoms with E-state index >= 15 is 0 Å². The second kappa shape index (κ2) is 5.21. The Morgan fingerprint density at radius 3 is 2.93 bits per heavy atom. The van der Waals surface area contributed by atoms with E-state index in [2.05, 4.69) is 10.3 Å². The van der Waals surface area contributed by atoms with E-state index in [-0.39, 0.29) is 6.10 Å². The summed E-state index contributed by atoms with van der Waals surface area (Å²) in [4.78, 5) is 3.97. The molecule has 82 valence electrons. The van der Waals surface area contributed by atoms with Crippen molar-refractivity contribution in [2.24, 2.45) is 11.7 Å². The van der Waals surface area contributed by atoms with Crippen molar-refractivity contribution in [1.29, 1.82) is 0 Å². The van der Waals surface area contributed by atoms with Crippen molar-refractivity contribution in [2.45, 2.75) is 12.7 Å². The van der Waals surface area contributed by atoms with Gasteiger partial charge in [0, 0.05) is 31.4 Å². The molecule has 0 amide bonds. The van der Waals surface area contributed by atoms with Crippen LogP contribution in [0.3, 0.4) is 0 Å². The lowest BCUT2D eigenvalue weighted by molar-refractivity contribution is 0.0280. The van der Waals surface area contributed by atoms with Crippen LogP contribution in [0.1, 0.15) is 5.56 Å². The molecule has 2 heterocycles. The monoisotopic (exact) mass is 207 g/mol. The van der Waals surface area contributed by atoms with E-state index in [0.717, 1.165) is 18.7 Å². The average molecular weight is 207 g/mol. The van der Waals surface area contributed by atoms with Gasteiger partial charge in [0.1, 0.15) is 0 Å². The Balaban J connectivity index is 1.83. The zero-order valence-electron chi connectivity index (χ0n) is 8.73. The van der Waals surface area contributed by atoms with Gasteiger partial charge in [-0.2, -0.15) is 0 Å². The first-order valence-electron chi connectivity index (χ1n) is 5.31. The van der Waals surface area contributed by atoms with Crippen molar-refractivity contribution in [3.63, 3.8) is 0 Å². The van der Waals surface area contributed by atoms with Gasteiger partial charge in [0.25, 0.3) is 0 Å². The molecule has 1 aliphatic heterocycles. The van der Waals surface area contributed by atoms with Gasteiger partial charge in [-0.15, -0.1) is 0 Å². The summed E-state index contributed by atoms with van der Waals surface area (Å²) in [6.07, 6.45) is 3.82. The largest absolute Gasteiger partial charge is 0.372 e. The van der Waals surface area contributed by atoms with Crippen LogP contribution in [0, 0.1) is 5.92 Å². The predicted molar refractivity (Wildman–Crippen MR) is 58.2 cm³/mol. The summed E-state index contributed by atoms with van der Waals surface area (Å²) in [5.74, 6) is 0.451. The van der Waals surface area contributed by atoms with Gasteiger partial charge in [0.2, 0.25) is 0 Å². The fourth-order valence-corrected chi connectivity index (χ4v) is 1.82. The fourth-order valence-electron chi connectivity index (χ4n) is 1.82. The second-order valence-corrected chi connectivity index (χ2v) is 3.86. The standard InChI is InChI=1S/C11H17N3O/c12-5-10-6-14-7-11(10)15-8-9-1-3-13-4-2-9/h1-4,10-11,14H,5-8,12H2. The lowest BCUT2D eigenvalue weighted by Gasteiger charge is -2.17. The third-order valence-electron chi connectivity index (χ3n) is 2.79. The van der Waals surface area contributed by atoms with E-state index < -0.39 is 0 Å². The van der Waals surface area contributed by atoms with E-state index in [9.17, 15) is 0 Å². The van der Waals surface area contributed by atoms with Crippen LogP contribution >= 0.6 is 0 Å². The highest BCUT2D eigenvalue weighted by atomic mass is 16.5. The molecule has 0 aliphatic carbocycles. The molecule has 0 spiro atoms. The molecule has 1 aliphatic rings. The first kappa shape index (κ1) is 10.5. The summed E-state index contributed by atoms with van der Waals surface area (Å²) in [5, 5.41) is 3.29. The quantitative estimate of drug-likeness (QED) is 0.737. The number of nitrogens with one attached hydrogen (secondary N) is 1. The summed E-state index contributed by atoms with van der Waals surface area (Å²) in [6, 6.07) is 3.94. The minimum atomic E-state index is 0.253. The van der Waals surface area contributed by atoms with Gasteiger partial charge in [-0.05, 0) is 24.2 Å². The average Bonchev–Trinajstić information content (AvgIpc) is 2.75. The molecule has 3 N–H and O–H groups in total. The molecule has 4 nitrogen and oxygen atoms in total. The number of nitrogens with zero attached hydrogens (tertiary/aromatic N) is 1. The molecule has 2 unspecified atom stereocenters. The molecule has 1 fully saturated rings. The first-order chi connectivity index (χ1) is 7.40. The van der Waals surface area contributed by atoms with E-state index in [1.165, 1.54) is 0 Å². The summed E-state index contributed by atoms with van der Waals surface area (Å²) < 4.78 is 5.82. The van der Waals surface area contributed by atoms with Gasteiger partial charge in [-0.3, -0.25) is 4.98 Å². The Bertz CT molecular complexity index is 291. The molecule has 4 heteroatoms. The molecule has 0 radical (unpaired) electrons. The molecule has 0 bridgehead atoms. The number of ether oxygens (including phenoxy) is 1. The Morgan fingerprint density at radius 1 is 1.40 bits per heavy atom. The Morgan fingerprint density at radius 2 is 2.20 bits per heavy atom. The zero-order chi connectivity index (χ0) is 10.5. The third kappa shape index (κ3) is 2.75. The van der Waals surface area contributed by atoms with Gasteiger partial charge >= 0.3 is 0 Å². The van der Waals surface area contributed by atoms with Crippen molar-refractivity contribution in [3.05, 3.63) is 30.1 Å². The van der Waals surface area contributed by atoms with Crippen molar-refractivity contribution < 1.29 is 4.74 Å². The SMILES string of the molecule is NCC1CNCC1OCc1ccncc1. The van der Waals surface area contributed by atoms with Crippen molar-refractivity contribution in [3.8, 4) is 0 Å². The van der Waals surface area contributed by atoms with Gasteiger partial charge in [-0.1, -0.05) is 0 Å². The van der Waals surface area contributed by atoms with Crippen LogP contribution in [0.25, 0.3) is 0 Å². The minimum absolute atomic E-state index is 0.253. The molecule has 0 saturated carbocycles. The van der Waals surface area contributed by atoms with Crippen LogP contribution in [-0.4, -0.2) is 30.7 Å². The number of hydrogen-bond acceptors (Lipinski definition) is 4. The molecule has 0 aromatic carbocycles. The van der Waals surface area contributed by atoms with Crippen LogP contribution in [0.15, 0.2) is 24.5 Å². The summed E-state index contributed by atoms with van der Waals surface area (Å²) >= 11 is 0. The topological polar surface area (TPSA) is 60.2 Å². The maximum atomic E-state index is 5.82. The summed E-state index contributed by atoms with van der Waals surface area (Å²) in [5.41, 5.74) is 6.82. The predicted octanol–water partition coefficient (Wildman–Crippen LogP) is 0.145. The molecule has 15 heavy (non-hydrogen) atoms. The minimum Gasteiger partial charge on any atom is -0.372 e. The first-order valence-corrected chi connectivity index (χ1v) is 5.31. The van der Waals surface area contributed by atoms with Crippen LogP contribution in [0.4, 0.5) is 0 Å². The number of hydrogen-bond donors (Lipinski definition) is 2. The maximum absolute atomic E-state index is 5.82. The van der Waals surface area contributed by atoms with E-state index in [4.69, 9.17) is 10.5 Å². The van der Waals surface area contributed by atoms with Gasteiger partial charge in [0.05, 0.1) is 12.7 Å². The maximum Gasteiger partial charge on any atom is 0.0756 e. The Kier molecular flexibility index (Phi) is 3.66. The fraction of sp³-hybridized carbons (Fsp3) is 0.545. The van der Waals surface area contributed by atoms with E-state index in [1.54, 1.807) is 12.4 Å². The van der Waals surface area contributed by atoms with Gasteiger partial charge < -0.3 is 15.8 Å². The molecular weight excluding hydrogens is 190 g/mol. The van der Waals surface area contributed by atoms with Crippen molar-refractivity contribution in [2.75, 3.05) is 19.6 Å². The van der Waals surface area contributed by atoms with Crippen LogP contribution < -0.4 is 11.1 Å². The molecule has 1 aromatic rings. The highest BCUT2D eigenvalue weighted by Crippen LogP contribution is 2.13. The van der Waals surface area contributed by atoms with Crippen molar-refractivity contribution in [1.82, 2.24) is 10.3 Å². The van der Waals surface area contributed by atoms with Crippen LogP contribution in [-0.2, 0) is 11.3 Å². The number of pyridine rings is 1. The number of aromatic nitrogens is 1. The highest BCUT2D eigenvalue weighted by Gasteiger charge is 2.26. The lowest BCUT2D eigenvalue weighted by Crippen LogP contribution is -2.28. The van der Waals surface area contributed by atoms with E-state index in [1.807, 2.05) is 12.1 Å². The normalized spacial score (nSPS) is 25.7. The molecular formula is C11H17N3O. The van der Waals surface area contributed by atoms with Crippen LogP contribution in [0.2, 0.25) is 0 Å². The van der Waals surface area contributed by atoms with Crippen molar-refractivity contribution >= 4 is 0 Å². The lowest BCUT2D eigenvalue weighted by atomic mass is 10.1. The van der Waals surface area contributed by atoms with Gasteiger partial charge in [-0.25, -0.2) is 0 Å². The Labute approximate surface area is 89.8 Å². The number of nitrogens with two attached hydrogens (primary N) is 1. The summed E-state index contributed by atoms with van der Waals surface area (Å²) in [7, 11) is 0.